The van der Waals surface area contributed by atoms with Gasteiger partial charge in [0.1, 0.15) is 0 Å². The van der Waals surface area contributed by atoms with E-state index in [0.717, 1.165) is 25.2 Å². The summed E-state index contributed by atoms with van der Waals surface area (Å²) in [7, 11) is 1.60. The molecule has 0 spiro atoms. The Morgan fingerprint density at radius 2 is 2.27 bits per heavy atom. The smallest absolute Gasteiger partial charge is 0.260 e. The van der Waals surface area contributed by atoms with Gasteiger partial charge in [0.25, 0.3) is 5.91 Å². The van der Waals surface area contributed by atoms with E-state index in [1.807, 2.05) is 49.1 Å². The third-order valence-electron chi connectivity index (χ3n) is 3.72. The Labute approximate surface area is 131 Å². The average molecular weight is 304 g/mol. The van der Waals surface area contributed by atoms with E-state index in [1.54, 1.807) is 7.11 Å². The quantitative estimate of drug-likeness (QED) is 0.903. The Morgan fingerprint density at radius 3 is 2.95 bits per heavy atom. The van der Waals surface area contributed by atoms with Crippen molar-refractivity contribution in [2.24, 2.45) is 0 Å². The van der Waals surface area contributed by atoms with E-state index >= 15 is 0 Å². The van der Waals surface area contributed by atoms with E-state index in [2.05, 4.69) is 5.32 Å². The van der Waals surface area contributed by atoms with Crippen LogP contribution < -0.4 is 14.8 Å². The zero-order valence-corrected chi connectivity index (χ0v) is 13.5. The normalized spacial score (nSPS) is 18.5. The number of methoxy groups -OCH3 is 1. The number of nitrogens with one attached hydrogen (secondary N) is 1. The molecule has 22 heavy (non-hydrogen) atoms. The number of piperazine rings is 1. The predicted octanol–water partition coefficient (Wildman–Crippen LogP) is 1.93. The van der Waals surface area contributed by atoms with Crippen molar-refractivity contribution in [1.82, 2.24) is 10.2 Å². The van der Waals surface area contributed by atoms with Crippen LogP contribution in [0.3, 0.4) is 0 Å². The number of carbonyl (C=O) groups is 1. The van der Waals surface area contributed by atoms with Crippen LogP contribution >= 0.6 is 0 Å². The number of rotatable bonds is 5. The molecule has 1 aromatic rings. The minimum atomic E-state index is 0.00795. The molecular formula is C17H24N2O3. The summed E-state index contributed by atoms with van der Waals surface area (Å²) in [4.78, 5) is 14.1. The summed E-state index contributed by atoms with van der Waals surface area (Å²) in [6.45, 7) is 6.41. The van der Waals surface area contributed by atoms with Crippen LogP contribution in [0.25, 0.3) is 6.08 Å². The fraction of sp³-hybridized carbons (Fsp3) is 0.471. The van der Waals surface area contributed by atoms with E-state index in [1.165, 1.54) is 0 Å². The summed E-state index contributed by atoms with van der Waals surface area (Å²) in [5, 5.41) is 3.27. The van der Waals surface area contributed by atoms with E-state index in [4.69, 9.17) is 9.47 Å². The number of carbonyl (C=O) groups excluding carboxylic acids is 1. The number of amides is 1. The molecule has 1 unspecified atom stereocenters. The molecule has 0 aromatic heterocycles. The number of benzene rings is 1. The maximum Gasteiger partial charge on any atom is 0.260 e. The van der Waals surface area contributed by atoms with Gasteiger partial charge in [-0.2, -0.15) is 0 Å². The van der Waals surface area contributed by atoms with E-state index in [0.29, 0.717) is 11.5 Å². The molecule has 1 heterocycles. The molecule has 0 saturated carbocycles. The molecule has 5 heteroatoms. The summed E-state index contributed by atoms with van der Waals surface area (Å²) in [6.07, 6.45) is 3.95. The third kappa shape index (κ3) is 4.01. The third-order valence-corrected chi connectivity index (χ3v) is 3.72. The first-order valence-electron chi connectivity index (χ1n) is 7.59. The Morgan fingerprint density at radius 1 is 1.45 bits per heavy atom. The number of hydrogen-bond acceptors (Lipinski definition) is 4. The minimum absolute atomic E-state index is 0.00795. The van der Waals surface area contributed by atoms with E-state index in [-0.39, 0.29) is 18.6 Å². The van der Waals surface area contributed by atoms with Crippen molar-refractivity contribution in [3.8, 4) is 11.5 Å². The minimum Gasteiger partial charge on any atom is -0.493 e. The van der Waals surface area contributed by atoms with Gasteiger partial charge in [0.15, 0.2) is 18.1 Å². The van der Waals surface area contributed by atoms with Gasteiger partial charge < -0.3 is 19.7 Å². The summed E-state index contributed by atoms with van der Waals surface area (Å²) >= 11 is 0. The highest BCUT2D eigenvalue weighted by Crippen LogP contribution is 2.28. The van der Waals surface area contributed by atoms with Gasteiger partial charge in [0.05, 0.1) is 7.11 Å². The molecule has 1 aliphatic rings. The van der Waals surface area contributed by atoms with Crippen molar-refractivity contribution in [3.05, 3.63) is 29.8 Å². The van der Waals surface area contributed by atoms with Crippen LogP contribution in [0.4, 0.5) is 0 Å². The summed E-state index contributed by atoms with van der Waals surface area (Å²) in [5.74, 6) is 1.23. The van der Waals surface area contributed by atoms with E-state index in [9.17, 15) is 4.79 Å². The number of allylic oxidation sites excluding steroid dienone is 1. The van der Waals surface area contributed by atoms with Crippen LogP contribution in [0.2, 0.25) is 0 Å². The fourth-order valence-corrected chi connectivity index (χ4v) is 2.53. The van der Waals surface area contributed by atoms with Crippen LogP contribution in [0.5, 0.6) is 11.5 Å². The van der Waals surface area contributed by atoms with Gasteiger partial charge >= 0.3 is 0 Å². The van der Waals surface area contributed by atoms with Gasteiger partial charge in [0, 0.05) is 25.7 Å². The van der Waals surface area contributed by atoms with Crippen LogP contribution in [0, 0.1) is 0 Å². The Bertz CT molecular complexity index is 543. The Hall–Kier alpha value is -2.01. The zero-order valence-electron chi connectivity index (χ0n) is 13.5. The molecule has 1 aromatic carbocycles. The number of nitrogens with zero attached hydrogens (tertiary/aromatic N) is 1. The maximum absolute atomic E-state index is 12.3. The average Bonchev–Trinajstić information content (AvgIpc) is 2.54. The van der Waals surface area contributed by atoms with Gasteiger partial charge in [-0.05, 0) is 31.5 Å². The highest BCUT2D eigenvalue weighted by atomic mass is 16.5. The van der Waals surface area contributed by atoms with Crippen molar-refractivity contribution in [2.45, 2.75) is 19.9 Å². The molecule has 0 aliphatic carbocycles. The lowest BCUT2D eigenvalue weighted by Gasteiger charge is -2.33. The van der Waals surface area contributed by atoms with Crippen molar-refractivity contribution in [2.75, 3.05) is 33.4 Å². The monoisotopic (exact) mass is 304 g/mol. The zero-order chi connectivity index (χ0) is 15.9. The van der Waals surface area contributed by atoms with Crippen LogP contribution in [-0.2, 0) is 4.79 Å². The first kappa shape index (κ1) is 16.4. The summed E-state index contributed by atoms with van der Waals surface area (Å²) < 4.78 is 11.0. The molecule has 5 nitrogen and oxygen atoms in total. The topological polar surface area (TPSA) is 50.8 Å². The van der Waals surface area contributed by atoms with Crippen LogP contribution in [0.15, 0.2) is 24.3 Å². The van der Waals surface area contributed by atoms with Crippen molar-refractivity contribution in [1.29, 1.82) is 0 Å². The molecule has 0 radical (unpaired) electrons. The lowest BCUT2D eigenvalue weighted by molar-refractivity contribution is -0.136. The van der Waals surface area contributed by atoms with Crippen LogP contribution in [-0.4, -0.2) is 50.2 Å². The van der Waals surface area contributed by atoms with Crippen molar-refractivity contribution in [3.63, 3.8) is 0 Å². The molecule has 120 valence electrons. The largest absolute Gasteiger partial charge is 0.493 e. The first-order valence-corrected chi connectivity index (χ1v) is 7.59. The lowest BCUT2D eigenvalue weighted by Crippen LogP contribution is -2.53. The van der Waals surface area contributed by atoms with Gasteiger partial charge in [-0.15, -0.1) is 0 Å². The number of hydrogen-bond donors (Lipinski definition) is 1. The molecule has 1 saturated heterocycles. The van der Waals surface area contributed by atoms with Gasteiger partial charge in [-0.25, -0.2) is 0 Å². The van der Waals surface area contributed by atoms with Gasteiger partial charge in [-0.1, -0.05) is 18.2 Å². The molecule has 1 atom stereocenters. The predicted molar refractivity (Wildman–Crippen MR) is 87.2 cm³/mol. The van der Waals surface area contributed by atoms with Crippen molar-refractivity contribution < 1.29 is 14.3 Å². The molecule has 1 fully saturated rings. The summed E-state index contributed by atoms with van der Waals surface area (Å²) in [6, 6.07) is 5.87. The van der Waals surface area contributed by atoms with Gasteiger partial charge in [0.2, 0.25) is 0 Å². The fourth-order valence-electron chi connectivity index (χ4n) is 2.53. The maximum atomic E-state index is 12.3. The highest BCUT2D eigenvalue weighted by Gasteiger charge is 2.23. The SMILES string of the molecule is CC=Cc1ccc(OCC(=O)N2CCNCC2C)c(OC)c1. The Balaban J connectivity index is 2.00. The second-order valence-corrected chi connectivity index (χ2v) is 5.34. The van der Waals surface area contributed by atoms with Crippen molar-refractivity contribution >= 4 is 12.0 Å². The molecule has 1 amide bonds. The summed E-state index contributed by atoms with van der Waals surface area (Å²) in [5.41, 5.74) is 1.04. The van der Waals surface area contributed by atoms with Crippen LogP contribution in [0.1, 0.15) is 19.4 Å². The lowest BCUT2D eigenvalue weighted by atomic mass is 10.2. The van der Waals surface area contributed by atoms with E-state index < -0.39 is 0 Å². The number of ether oxygens (including phenoxy) is 2. The molecule has 2 rings (SSSR count). The standard InChI is InChI=1S/C17H24N2O3/c1-4-5-14-6-7-15(16(10-14)21-3)22-12-17(20)19-9-8-18-11-13(19)2/h4-7,10,13,18H,8-9,11-12H2,1-3H3. The molecule has 0 bridgehead atoms. The first-order chi connectivity index (χ1) is 10.7. The second kappa shape index (κ2) is 7.84. The molecular weight excluding hydrogens is 280 g/mol. The highest BCUT2D eigenvalue weighted by molar-refractivity contribution is 5.78. The molecule has 1 aliphatic heterocycles. The molecule has 1 N–H and O–H groups in total. The Kier molecular flexibility index (Phi) is 5.83. The second-order valence-electron chi connectivity index (χ2n) is 5.34. The van der Waals surface area contributed by atoms with Gasteiger partial charge in [-0.3, -0.25) is 4.79 Å².